The lowest BCUT2D eigenvalue weighted by Crippen LogP contribution is -2.42. The van der Waals surface area contributed by atoms with Crippen LogP contribution in [0.2, 0.25) is 0 Å². The van der Waals surface area contributed by atoms with Gasteiger partial charge in [-0.15, -0.1) is 11.3 Å². The first kappa shape index (κ1) is 19.8. The van der Waals surface area contributed by atoms with Crippen LogP contribution >= 0.6 is 11.3 Å². The van der Waals surface area contributed by atoms with Crippen molar-refractivity contribution in [2.75, 3.05) is 38.2 Å². The minimum atomic E-state index is 0.00117. The van der Waals surface area contributed by atoms with E-state index < -0.39 is 0 Å². The number of fused-ring (bicyclic) bond motifs is 1. The molecule has 1 fully saturated rings. The molecule has 0 bridgehead atoms. The van der Waals surface area contributed by atoms with Gasteiger partial charge >= 0.3 is 0 Å². The van der Waals surface area contributed by atoms with Crippen LogP contribution in [0.4, 0.5) is 5.82 Å². The Balaban J connectivity index is 1.57. The lowest BCUT2D eigenvalue weighted by Gasteiger charge is -2.34. The van der Waals surface area contributed by atoms with Crippen molar-refractivity contribution in [2.24, 2.45) is 5.92 Å². The van der Waals surface area contributed by atoms with Gasteiger partial charge in [-0.1, -0.05) is 30.3 Å². The molecule has 1 N–H and O–H groups in total. The molecule has 2 aromatic heterocycles. The minimum absolute atomic E-state index is 0.00117. The van der Waals surface area contributed by atoms with Crippen LogP contribution in [0.1, 0.15) is 18.7 Å². The Hall–Kier alpha value is -2.51. The Bertz CT molecular complexity index is 997. The zero-order valence-corrected chi connectivity index (χ0v) is 17.7. The van der Waals surface area contributed by atoms with Gasteiger partial charge in [0.1, 0.15) is 16.5 Å². The standard InChI is InChI=1S/C22H26N4O2S/c1-15-23-20(26-10-8-17(9-11-26)22(28)25(2)12-13-27)18-14-19(29-21(18)24-15)16-6-4-3-5-7-16/h3-7,14,17,27H,8-13H2,1-2H3. The summed E-state index contributed by atoms with van der Waals surface area (Å²) < 4.78 is 0. The van der Waals surface area contributed by atoms with Crippen molar-refractivity contribution in [1.29, 1.82) is 0 Å². The molecule has 1 aromatic carbocycles. The molecular weight excluding hydrogens is 384 g/mol. The molecular formula is C22H26N4O2S. The number of hydrogen-bond acceptors (Lipinski definition) is 6. The Morgan fingerprint density at radius 3 is 2.66 bits per heavy atom. The molecule has 1 saturated heterocycles. The molecule has 4 rings (SSSR count). The second-order valence-electron chi connectivity index (χ2n) is 7.53. The van der Waals surface area contributed by atoms with Gasteiger partial charge in [-0.25, -0.2) is 9.97 Å². The Morgan fingerprint density at radius 2 is 1.97 bits per heavy atom. The lowest BCUT2D eigenvalue weighted by molar-refractivity contribution is -0.135. The number of amides is 1. The molecule has 0 atom stereocenters. The molecule has 0 saturated carbocycles. The van der Waals surface area contributed by atoms with E-state index in [0.29, 0.717) is 6.54 Å². The summed E-state index contributed by atoms with van der Waals surface area (Å²) in [5, 5.41) is 10.2. The first-order chi connectivity index (χ1) is 14.1. The van der Waals surface area contributed by atoms with Crippen LogP contribution in [-0.4, -0.2) is 59.2 Å². The lowest BCUT2D eigenvalue weighted by atomic mass is 9.95. The van der Waals surface area contributed by atoms with Crippen LogP contribution in [0.3, 0.4) is 0 Å². The fourth-order valence-corrected chi connectivity index (χ4v) is 4.98. The van der Waals surface area contributed by atoms with Crippen LogP contribution in [0, 0.1) is 12.8 Å². The van der Waals surface area contributed by atoms with Gasteiger partial charge in [0, 0.05) is 37.5 Å². The normalized spacial score (nSPS) is 15.1. The molecule has 6 nitrogen and oxygen atoms in total. The van der Waals surface area contributed by atoms with E-state index in [9.17, 15) is 4.79 Å². The topological polar surface area (TPSA) is 69.6 Å². The summed E-state index contributed by atoms with van der Waals surface area (Å²) in [5.41, 5.74) is 1.19. The number of aryl methyl sites for hydroxylation is 1. The average Bonchev–Trinajstić information content (AvgIpc) is 3.17. The molecule has 152 valence electrons. The van der Waals surface area contributed by atoms with Gasteiger partial charge in [-0.05, 0) is 31.4 Å². The monoisotopic (exact) mass is 410 g/mol. The first-order valence-corrected chi connectivity index (χ1v) is 10.8. The number of thiophene rings is 1. The van der Waals surface area contributed by atoms with Gasteiger partial charge in [0.25, 0.3) is 0 Å². The van der Waals surface area contributed by atoms with Crippen LogP contribution in [0.25, 0.3) is 20.7 Å². The summed E-state index contributed by atoms with van der Waals surface area (Å²) in [6, 6.07) is 12.5. The highest BCUT2D eigenvalue weighted by atomic mass is 32.1. The third-order valence-corrected chi connectivity index (χ3v) is 6.58. The molecule has 1 aliphatic rings. The molecule has 7 heteroatoms. The van der Waals surface area contributed by atoms with Gasteiger partial charge in [-0.3, -0.25) is 4.79 Å². The molecule has 3 aromatic rings. The van der Waals surface area contributed by atoms with E-state index in [-0.39, 0.29) is 18.4 Å². The van der Waals surface area contributed by atoms with Crippen molar-refractivity contribution in [3.8, 4) is 10.4 Å². The van der Waals surface area contributed by atoms with Crippen LogP contribution in [0.15, 0.2) is 36.4 Å². The number of nitrogens with zero attached hydrogens (tertiary/aromatic N) is 4. The number of likely N-dealkylation sites (N-methyl/N-ethyl adjacent to an activating group) is 1. The predicted molar refractivity (Wildman–Crippen MR) is 117 cm³/mol. The van der Waals surface area contributed by atoms with E-state index in [1.165, 1.54) is 10.4 Å². The maximum absolute atomic E-state index is 12.5. The zero-order valence-electron chi connectivity index (χ0n) is 16.8. The number of benzene rings is 1. The van der Waals surface area contributed by atoms with Crippen LogP contribution in [-0.2, 0) is 4.79 Å². The molecule has 1 amide bonds. The Morgan fingerprint density at radius 1 is 1.24 bits per heavy atom. The highest BCUT2D eigenvalue weighted by Crippen LogP contribution is 2.37. The number of hydrogen-bond donors (Lipinski definition) is 1. The summed E-state index contributed by atoms with van der Waals surface area (Å²) in [5.74, 6) is 1.89. The van der Waals surface area contributed by atoms with Crippen molar-refractivity contribution < 1.29 is 9.90 Å². The quantitative estimate of drug-likeness (QED) is 0.699. The van der Waals surface area contributed by atoms with E-state index >= 15 is 0 Å². The van der Waals surface area contributed by atoms with Gasteiger partial charge in [0.2, 0.25) is 5.91 Å². The second kappa shape index (κ2) is 8.47. The molecule has 0 radical (unpaired) electrons. The van der Waals surface area contributed by atoms with Gasteiger partial charge < -0.3 is 14.9 Å². The predicted octanol–water partition coefficient (Wildman–Crippen LogP) is 3.33. The summed E-state index contributed by atoms with van der Waals surface area (Å²) in [7, 11) is 1.76. The third-order valence-electron chi connectivity index (χ3n) is 5.50. The number of carbonyl (C=O) groups excluding carboxylic acids is 1. The maximum Gasteiger partial charge on any atom is 0.225 e. The highest BCUT2D eigenvalue weighted by molar-refractivity contribution is 7.21. The number of rotatable bonds is 5. The highest BCUT2D eigenvalue weighted by Gasteiger charge is 2.28. The summed E-state index contributed by atoms with van der Waals surface area (Å²) in [6.45, 7) is 3.92. The molecule has 0 spiro atoms. The van der Waals surface area contributed by atoms with Crippen molar-refractivity contribution in [3.63, 3.8) is 0 Å². The van der Waals surface area contributed by atoms with E-state index in [4.69, 9.17) is 10.1 Å². The maximum atomic E-state index is 12.5. The second-order valence-corrected chi connectivity index (χ2v) is 8.57. The zero-order chi connectivity index (χ0) is 20.4. The number of carbonyl (C=O) groups is 1. The van der Waals surface area contributed by atoms with Crippen molar-refractivity contribution in [3.05, 3.63) is 42.2 Å². The molecule has 29 heavy (non-hydrogen) atoms. The fraction of sp³-hybridized carbons (Fsp3) is 0.409. The number of anilines is 1. The fourth-order valence-electron chi connectivity index (χ4n) is 3.91. The molecule has 3 heterocycles. The van der Waals surface area contributed by atoms with E-state index in [2.05, 4.69) is 28.1 Å². The van der Waals surface area contributed by atoms with Crippen LogP contribution in [0.5, 0.6) is 0 Å². The van der Waals surface area contributed by atoms with Crippen molar-refractivity contribution >= 4 is 33.3 Å². The smallest absolute Gasteiger partial charge is 0.225 e. The number of aromatic nitrogens is 2. The number of aliphatic hydroxyl groups is 1. The minimum Gasteiger partial charge on any atom is -0.395 e. The van der Waals surface area contributed by atoms with Crippen LogP contribution < -0.4 is 4.90 Å². The SMILES string of the molecule is Cc1nc(N2CCC(C(=O)N(C)CCO)CC2)c2cc(-c3ccccc3)sc2n1. The Kier molecular flexibility index (Phi) is 5.78. The van der Waals surface area contributed by atoms with Gasteiger partial charge in [-0.2, -0.15) is 0 Å². The number of piperidine rings is 1. The van der Waals surface area contributed by atoms with Crippen molar-refractivity contribution in [2.45, 2.75) is 19.8 Å². The van der Waals surface area contributed by atoms with Gasteiger partial charge in [0.15, 0.2) is 0 Å². The van der Waals surface area contributed by atoms with E-state index in [0.717, 1.165) is 47.8 Å². The van der Waals surface area contributed by atoms with E-state index in [1.807, 2.05) is 25.1 Å². The third kappa shape index (κ3) is 4.11. The molecule has 0 aliphatic carbocycles. The molecule has 1 aliphatic heterocycles. The average molecular weight is 411 g/mol. The van der Waals surface area contributed by atoms with Crippen molar-refractivity contribution in [1.82, 2.24) is 14.9 Å². The van der Waals surface area contributed by atoms with Gasteiger partial charge in [0.05, 0.1) is 12.0 Å². The van der Waals surface area contributed by atoms with E-state index in [1.54, 1.807) is 23.3 Å². The first-order valence-electron chi connectivity index (χ1n) is 10.0. The summed E-state index contributed by atoms with van der Waals surface area (Å²) >= 11 is 1.70. The number of aliphatic hydroxyl groups excluding tert-OH is 1. The summed E-state index contributed by atoms with van der Waals surface area (Å²) in [4.78, 5) is 28.1. The molecule has 0 unspecified atom stereocenters. The Labute approximate surface area is 174 Å². The largest absolute Gasteiger partial charge is 0.395 e. The summed E-state index contributed by atoms with van der Waals surface area (Å²) in [6.07, 6.45) is 1.60.